The van der Waals surface area contributed by atoms with Crippen LogP contribution in [0.1, 0.15) is 23.5 Å². The summed E-state index contributed by atoms with van der Waals surface area (Å²) >= 11 is 0. The van der Waals surface area contributed by atoms with Gasteiger partial charge in [0.25, 0.3) is 0 Å². The molecule has 28 heavy (non-hydrogen) atoms. The van der Waals surface area contributed by atoms with E-state index in [1.165, 1.54) is 12.1 Å². The number of para-hydroxylation sites is 1. The Bertz CT molecular complexity index is 1050. The molecule has 0 saturated carbocycles. The number of carboxylic acid groups (broad SMARTS) is 1. The number of benzene rings is 2. The number of rotatable bonds is 5. The van der Waals surface area contributed by atoms with Crippen LogP contribution in [0.4, 0.5) is 4.39 Å². The molecule has 3 aromatic rings. The molecule has 0 fully saturated rings. The van der Waals surface area contributed by atoms with Gasteiger partial charge in [0.1, 0.15) is 17.6 Å². The number of ether oxygens (including phenoxy) is 1. The molecule has 0 spiro atoms. The highest BCUT2D eigenvalue weighted by Crippen LogP contribution is 2.33. The van der Waals surface area contributed by atoms with Crippen molar-refractivity contribution >= 4 is 22.8 Å². The second-order valence-electron chi connectivity index (χ2n) is 6.83. The molecule has 1 aliphatic heterocycles. The molecule has 1 aromatic heterocycles. The standard InChI is InChI=1S/C21H19FN2O4/c22-13-5-6-14-12(11-23-17(14)10-13)9-18(21(26)27)24-20(25)16-7-8-28-19-4-2-1-3-15(16)19/h1-6,10-11,16,18,23H,7-9H2,(H,24,25)(H,26,27)/t16-,18+/m0/s1. The average Bonchev–Trinajstić information content (AvgIpc) is 3.08. The highest BCUT2D eigenvalue weighted by atomic mass is 19.1. The molecule has 3 N–H and O–H groups in total. The molecule has 0 aliphatic carbocycles. The van der Waals surface area contributed by atoms with E-state index >= 15 is 0 Å². The van der Waals surface area contributed by atoms with Crippen molar-refractivity contribution in [3.05, 3.63) is 65.6 Å². The van der Waals surface area contributed by atoms with E-state index in [0.717, 1.165) is 10.9 Å². The second kappa shape index (κ2) is 7.34. The first-order valence-corrected chi connectivity index (χ1v) is 9.03. The third-order valence-electron chi connectivity index (χ3n) is 5.04. The summed E-state index contributed by atoms with van der Waals surface area (Å²) in [6.07, 6.45) is 2.23. The van der Waals surface area contributed by atoms with E-state index in [0.29, 0.717) is 29.9 Å². The van der Waals surface area contributed by atoms with Crippen LogP contribution in [0.25, 0.3) is 10.9 Å². The Morgan fingerprint density at radius 1 is 1.29 bits per heavy atom. The lowest BCUT2D eigenvalue weighted by Crippen LogP contribution is -2.45. The zero-order chi connectivity index (χ0) is 19.7. The van der Waals surface area contributed by atoms with Gasteiger partial charge in [0.2, 0.25) is 5.91 Å². The summed E-state index contributed by atoms with van der Waals surface area (Å²) in [6.45, 7) is 0.404. The Morgan fingerprint density at radius 3 is 2.93 bits per heavy atom. The minimum absolute atomic E-state index is 0.0948. The summed E-state index contributed by atoms with van der Waals surface area (Å²) in [7, 11) is 0. The average molecular weight is 382 g/mol. The lowest BCUT2D eigenvalue weighted by Gasteiger charge is -2.26. The van der Waals surface area contributed by atoms with Crippen LogP contribution >= 0.6 is 0 Å². The number of hydrogen-bond acceptors (Lipinski definition) is 3. The number of amides is 1. The van der Waals surface area contributed by atoms with E-state index in [1.54, 1.807) is 18.3 Å². The Morgan fingerprint density at radius 2 is 2.11 bits per heavy atom. The molecule has 1 amide bonds. The fraction of sp³-hybridized carbons (Fsp3) is 0.238. The highest BCUT2D eigenvalue weighted by molar-refractivity contribution is 5.90. The van der Waals surface area contributed by atoms with Crippen LogP contribution < -0.4 is 10.1 Å². The maximum atomic E-state index is 13.4. The van der Waals surface area contributed by atoms with Gasteiger partial charge in [-0.25, -0.2) is 9.18 Å². The van der Waals surface area contributed by atoms with Crippen molar-refractivity contribution in [2.75, 3.05) is 6.61 Å². The topological polar surface area (TPSA) is 91.4 Å². The van der Waals surface area contributed by atoms with Crippen LogP contribution in [0, 0.1) is 5.82 Å². The van der Waals surface area contributed by atoms with Crippen molar-refractivity contribution in [3.63, 3.8) is 0 Å². The Hall–Kier alpha value is -3.35. The molecule has 6 nitrogen and oxygen atoms in total. The van der Waals surface area contributed by atoms with Gasteiger partial charge >= 0.3 is 5.97 Å². The fourth-order valence-electron chi connectivity index (χ4n) is 3.63. The number of fused-ring (bicyclic) bond motifs is 2. The summed E-state index contributed by atoms with van der Waals surface area (Å²) in [5.74, 6) is -1.63. The van der Waals surface area contributed by atoms with E-state index < -0.39 is 17.9 Å². The smallest absolute Gasteiger partial charge is 0.326 e. The number of hydrogen-bond donors (Lipinski definition) is 3. The third kappa shape index (κ3) is 3.43. The largest absolute Gasteiger partial charge is 0.493 e. The first-order chi connectivity index (χ1) is 13.5. The lowest BCUT2D eigenvalue weighted by atomic mass is 9.92. The number of carbonyl (C=O) groups excluding carboxylic acids is 1. The highest BCUT2D eigenvalue weighted by Gasteiger charge is 2.31. The molecule has 7 heteroatoms. The zero-order valence-electron chi connectivity index (χ0n) is 14.9. The Labute approximate surface area is 160 Å². The maximum absolute atomic E-state index is 13.4. The van der Waals surface area contributed by atoms with Gasteiger partial charge in [0.15, 0.2) is 0 Å². The molecule has 4 rings (SSSR count). The minimum Gasteiger partial charge on any atom is -0.493 e. The minimum atomic E-state index is -1.12. The van der Waals surface area contributed by atoms with Crippen molar-refractivity contribution in [3.8, 4) is 5.75 Å². The number of carboxylic acids is 1. The first-order valence-electron chi connectivity index (χ1n) is 9.03. The zero-order valence-corrected chi connectivity index (χ0v) is 14.9. The molecule has 0 bridgehead atoms. The molecule has 2 atom stereocenters. The van der Waals surface area contributed by atoms with Crippen LogP contribution in [0.2, 0.25) is 0 Å². The van der Waals surface area contributed by atoms with Crippen LogP contribution in [0.5, 0.6) is 5.75 Å². The molecule has 144 valence electrons. The number of aromatic amines is 1. The number of halogens is 1. The number of aromatic nitrogens is 1. The van der Waals surface area contributed by atoms with Gasteiger partial charge in [-0.1, -0.05) is 18.2 Å². The van der Waals surface area contributed by atoms with Gasteiger partial charge in [-0.2, -0.15) is 0 Å². The summed E-state index contributed by atoms with van der Waals surface area (Å²) in [5.41, 5.74) is 2.05. The van der Waals surface area contributed by atoms with E-state index in [2.05, 4.69) is 10.3 Å². The molecule has 1 aliphatic rings. The van der Waals surface area contributed by atoms with Gasteiger partial charge in [-0.15, -0.1) is 0 Å². The summed E-state index contributed by atoms with van der Waals surface area (Å²) in [6, 6.07) is 10.5. The maximum Gasteiger partial charge on any atom is 0.326 e. The van der Waals surface area contributed by atoms with Crippen LogP contribution in [-0.2, 0) is 16.0 Å². The Kier molecular flexibility index (Phi) is 4.73. The SMILES string of the molecule is O=C(N[C@H](Cc1c[nH]c2cc(F)ccc12)C(=O)O)[C@H]1CCOc2ccccc21. The first kappa shape index (κ1) is 18.0. The number of nitrogens with one attached hydrogen (secondary N) is 2. The molecule has 2 heterocycles. The Balaban J connectivity index is 1.54. The molecule has 2 aromatic carbocycles. The van der Waals surface area contributed by atoms with Gasteiger partial charge in [0, 0.05) is 29.1 Å². The van der Waals surface area contributed by atoms with Crippen molar-refractivity contribution < 1.29 is 23.8 Å². The molecular formula is C21H19FN2O4. The van der Waals surface area contributed by atoms with Crippen molar-refractivity contribution in [2.45, 2.75) is 24.8 Å². The van der Waals surface area contributed by atoms with Crippen LogP contribution in [0.15, 0.2) is 48.7 Å². The predicted octanol–water partition coefficient (Wildman–Crippen LogP) is 2.99. The van der Waals surface area contributed by atoms with Crippen LogP contribution in [0.3, 0.4) is 0 Å². The molecule has 0 saturated heterocycles. The fourth-order valence-corrected chi connectivity index (χ4v) is 3.63. The van der Waals surface area contributed by atoms with E-state index in [1.807, 2.05) is 18.2 Å². The number of aliphatic carboxylic acids is 1. The molecular weight excluding hydrogens is 363 g/mol. The van der Waals surface area contributed by atoms with Gasteiger partial charge in [-0.05, 0) is 36.2 Å². The van der Waals surface area contributed by atoms with Crippen molar-refractivity contribution in [1.82, 2.24) is 10.3 Å². The quantitative estimate of drug-likeness (QED) is 0.633. The van der Waals surface area contributed by atoms with Gasteiger partial charge in [0.05, 0.1) is 12.5 Å². The van der Waals surface area contributed by atoms with Gasteiger partial charge < -0.3 is 20.1 Å². The number of carbonyl (C=O) groups is 2. The molecule has 0 radical (unpaired) electrons. The summed E-state index contributed by atoms with van der Waals surface area (Å²) in [4.78, 5) is 27.5. The third-order valence-corrected chi connectivity index (χ3v) is 5.04. The van der Waals surface area contributed by atoms with E-state index in [-0.39, 0.29) is 18.1 Å². The van der Waals surface area contributed by atoms with E-state index in [9.17, 15) is 19.1 Å². The monoisotopic (exact) mass is 382 g/mol. The lowest BCUT2D eigenvalue weighted by molar-refractivity contribution is -0.142. The van der Waals surface area contributed by atoms with Crippen molar-refractivity contribution in [2.24, 2.45) is 0 Å². The summed E-state index contributed by atoms with van der Waals surface area (Å²) in [5, 5.41) is 13.0. The van der Waals surface area contributed by atoms with Gasteiger partial charge in [-0.3, -0.25) is 4.79 Å². The normalized spacial score (nSPS) is 16.8. The van der Waals surface area contributed by atoms with Crippen molar-refractivity contribution in [1.29, 1.82) is 0 Å². The predicted molar refractivity (Wildman–Crippen MR) is 101 cm³/mol. The molecule has 0 unspecified atom stereocenters. The number of H-pyrrole nitrogens is 1. The van der Waals surface area contributed by atoms with E-state index in [4.69, 9.17) is 4.74 Å². The summed E-state index contributed by atoms with van der Waals surface area (Å²) < 4.78 is 18.9. The van der Waals surface area contributed by atoms with Crippen LogP contribution in [-0.4, -0.2) is 34.6 Å². The second-order valence-corrected chi connectivity index (χ2v) is 6.83.